The van der Waals surface area contributed by atoms with E-state index in [0.29, 0.717) is 17.7 Å². The lowest BCUT2D eigenvalue weighted by atomic mass is 9.96. The number of thiophene rings is 1. The van der Waals surface area contributed by atoms with E-state index in [2.05, 4.69) is 16.4 Å². The average Bonchev–Trinajstić information content (AvgIpc) is 3.10. The third-order valence-electron chi connectivity index (χ3n) is 3.87. The SMILES string of the molecule is Cn1ccnc1SCCC(=O)Nc1sc2c(c1C#N)CCCC2. The molecule has 3 rings (SSSR count). The van der Waals surface area contributed by atoms with Gasteiger partial charge in [-0.15, -0.1) is 11.3 Å². The van der Waals surface area contributed by atoms with Crippen molar-refractivity contribution >= 4 is 34.0 Å². The second-order valence-electron chi connectivity index (χ2n) is 5.49. The third kappa shape index (κ3) is 3.59. The molecule has 0 aromatic carbocycles. The third-order valence-corrected chi connectivity index (χ3v) is 6.14. The van der Waals surface area contributed by atoms with Crippen molar-refractivity contribution in [3.05, 3.63) is 28.4 Å². The van der Waals surface area contributed by atoms with E-state index >= 15 is 0 Å². The molecule has 0 saturated carbocycles. The number of fused-ring (bicyclic) bond motifs is 1. The van der Waals surface area contributed by atoms with Crippen LogP contribution < -0.4 is 5.32 Å². The van der Waals surface area contributed by atoms with Crippen LogP contribution in [0.1, 0.15) is 35.3 Å². The number of anilines is 1. The van der Waals surface area contributed by atoms with Crippen molar-refractivity contribution in [2.75, 3.05) is 11.1 Å². The van der Waals surface area contributed by atoms with E-state index in [4.69, 9.17) is 0 Å². The van der Waals surface area contributed by atoms with Gasteiger partial charge in [0.05, 0.1) is 5.56 Å². The molecule has 2 heterocycles. The van der Waals surface area contributed by atoms with Gasteiger partial charge in [-0.25, -0.2) is 4.98 Å². The lowest BCUT2D eigenvalue weighted by molar-refractivity contribution is -0.115. The minimum Gasteiger partial charge on any atom is -0.329 e. The Bertz CT molecular complexity index is 757. The smallest absolute Gasteiger partial charge is 0.225 e. The average molecular weight is 346 g/mol. The first kappa shape index (κ1) is 16.1. The standard InChI is InChI=1S/C16H18N4OS2/c1-20-8-7-18-16(20)22-9-6-14(21)19-15-12(10-17)11-4-2-3-5-13(11)23-15/h7-8H,2-6,9H2,1H3,(H,19,21). The van der Waals surface area contributed by atoms with E-state index in [9.17, 15) is 10.1 Å². The fourth-order valence-corrected chi connectivity index (χ4v) is 4.81. The molecule has 0 bridgehead atoms. The van der Waals surface area contributed by atoms with Crippen LogP contribution in [0.25, 0.3) is 0 Å². The molecule has 7 heteroatoms. The maximum Gasteiger partial charge on any atom is 0.225 e. The Kier molecular flexibility index (Phi) is 5.03. The fraction of sp³-hybridized carbons (Fsp3) is 0.438. The number of nitrogens with one attached hydrogen (secondary N) is 1. The molecule has 1 N–H and O–H groups in total. The van der Waals surface area contributed by atoms with Crippen LogP contribution in [0.2, 0.25) is 0 Å². The first-order chi connectivity index (χ1) is 11.2. The predicted molar refractivity (Wildman–Crippen MR) is 92.9 cm³/mol. The number of amides is 1. The van der Waals surface area contributed by atoms with E-state index in [1.165, 1.54) is 11.3 Å². The molecule has 0 radical (unpaired) electrons. The molecule has 0 unspecified atom stereocenters. The van der Waals surface area contributed by atoms with Crippen molar-refractivity contribution in [2.45, 2.75) is 37.3 Å². The summed E-state index contributed by atoms with van der Waals surface area (Å²) in [6.07, 6.45) is 8.33. The Morgan fingerprint density at radius 3 is 3.09 bits per heavy atom. The van der Waals surface area contributed by atoms with Gasteiger partial charge in [-0.05, 0) is 31.2 Å². The number of thioether (sulfide) groups is 1. The molecule has 23 heavy (non-hydrogen) atoms. The summed E-state index contributed by atoms with van der Waals surface area (Å²) >= 11 is 3.13. The number of aromatic nitrogens is 2. The van der Waals surface area contributed by atoms with Crippen LogP contribution in [0.4, 0.5) is 5.00 Å². The van der Waals surface area contributed by atoms with Crippen LogP contribution in [0.5, 0.6) is 0 Å². The van der Waals surface area contributed by atoms with E-state index in [1.807, 2.05) is 17.8 Å². The minimum absolute atomic E-state index is 0.0400. The molecule has 0 fully saturated rings. The number of imidazole rings is 1. The lowest BCUT2D eigenvalue weighted by Gasteiger charge is -2.09. The zero-order chi connectivity index (χ0) is 16.2. The van der Waals surface area contributed by atoms with Gasteiger partial charge in [0.15, 0.2) is 5.16 Å². The highest BCUT2D eigenvalue weighted by molar-refractivity contribution is 7.99. The van der Waals surface area contributed by atoms with Crippen LogP contribution in [-0.4, -0.2) is 21.2 Å². The molecule has 2 aromatic rings. The van der Waals surface area contributed by atoms with Crippen LogP contribution in [0.3, 0.4) is 0 Å². The molecule has 1 aliphatic rings. The van der Waals surface area contributed by atoms with Gasteiger partial charge in [0.1, 0.15) is 11.1 Å². The maximum atomic E-state index is 12.2. The Hall–Kier alpha value is -1.78. The number of hydrogen-bond donors (Lipinski definition) is 1. The summed E-state index contributed by atoms with van der Waals surface area (Å²) in [6, 6.07) is 2.27. The quantitative estimate of drug-likeness (QED) is 0.843. The molecule has 120 valence electrons. The number of carbonyl (C=O) groups is 1. The van der Waals surface area contributed by atoms with Gasteiger partial charge in [0.2, 0.25) is 5.91 Å². The first-order valence-electron chi connectivity index (χ1n) is 7.63. The fourth-order valence-electron chi connectivity index (χ4n) is 2.69. The maximum absolute atomic E-state index is 12.2. The van der Waals surface area contributed by atoms with Crippen LogP contribution in [-0.2, 0) is 24.7 Å². The van der Waals surface area contributed by atoms with Crippen LogP contribution >= 0.6 is 23.1 Å². The number of nitriles is 1. The van der Waals surface area contributed by atoms with Crippen molar-refractivity contribution in [2.24, 2.45) is 7.05 Å². The summed E-state index contributed by atoms with van der Waals surface area (Å²) in [5.74, 6) is 0.630. The van der Waals surface area contributed by atoms with Gasteiger partial charge in [-0.2, -0.15) is 5.26 Å². The molecule has 1 amide bonds. The predicted octanol–water partition coefficient (Wildman–Crippen LogP) is 3.35. The van der Waals surface area contributed by atoms with Gasteiger partial charge >= 0.3 is 0 Å². The summed E-state index contributed by atoms with van der Waals surface area (Å²) in [4.78, 5) is 17.6. The Labute approximate surface area is 143 Å². The lowest BCUT2D eigenvalue weighted by Crippen LogP contribution is -2.12. The van der Waals surface area contributed by atoms with Crippen molar-refractivity contribution in [1.29, 1.82) is 5.26 Å². The van der Waals surface area contributed by atoms with Crippen molar-refractivity contribution in [1.82, 2.24) is 9.55 Å². The van der Waals surface area contributed by atoms with Crippen LogP contribution in [0.15, 0.2) is 17.6 Å². The molecular weight excluding hydrogens is 328 g/mol. The van der Waals surface area contributed by atoms with E-state index < -0.39 is 0 Å². The molecular formula is C16H18N4OS2. The number of rotatable bonds is 5. The first-order valence-corrected chi connectivity index (χ1v) is 9.44. The summed E-state index contributed by atoms with van der Waals surface area (Å²) in [5, 5.41) is 14.0. The number of hydrogen-bond acceptors (Lipinski definition) is 5. The van der Waals surface area contributed by atoms with Crippen LogP contribution in [0, 0.1) is 11.3 Å². The van der Waals surface area contributed by atoms with Crippen molar-refractivity contribution in [3.63, 3.8) is 0 Å². The molecule has 0 spiro atoms. The highest BCUT2D eigenvalue weighted by Gasteiger charge is 2.21. The number of aryl methyl sites for hydroxylation is 2. The van der Waals surface area contributed by atoms with Gasteiger partial charge < -0.3 is 9.88 Å². The number of nitrogens with zero attached hydrogens (tertiary/aromatic N) is 3. The van der Waals surface area contributed by atoms with Gasteiger partial charge in [0, 0.05) is 36.5 Å². The van der Waals surface area contributed by atoms with Gasteiger partial charge in [0.25, 0.3) is 0 Å². The summed E-state index contributed by atoms with van der Waals surface area (Å²) in [5.41, 5.74) is 1.83. The Morgan fingerprint density at radius 1 is 1.52 bits per heavy atom. The Morgan fingerprint density at radius 2 is 2.35 bits per heavy atom. The normalized spacial score (nSPS) is 13.4. The molecule has 2 aromatic heterocycles. The molecule has 1 aliphatic carbocycles. The molecule has 0 aliphatic heterocycles. The van der Waals surface area contributed by atoms with Gasteiger partial charge in [-0.3, -0.25) is 4.79 Å². The van der Waals surface area contributed by atoms with Crippen molar-refractivity contribution < 1.29 is 4.79 Å². The van der Waals surface area contributed by atoms with E-state index in [-0.39, 0.29) is 5.91 Å². The zero-order valence-corrected chi connectivity index (χ0v) is 14.6. The molecule has 0 atom stereocenters. The zero-order valence-electron chi connectivity index (χ0n) is 13.0. The highest BCUT2D eigenvalue weighted by Crippen LogP contribution is 2.37. The minimum atomic E-state index is -0.0400. The number of carbonyl (C=O) groups excluding carboxylic acids is 1. The monoisotopic (exact) mass is 346 g/mol. The largest absolute Gasteiger partial charge is 0.329 e. The summed E-state index contributed by atoms with van der Waals surface area (Å²) in [6.45, 7) is 0. The summed E-state index contributed by atoms with van der Waals surface area (Å²) < 4.78 is 1.93. The van der Waals surface area contributed by atoms with Gasteiger partial charge in [-0.1, -0.05) is 11.8 Å². The molecule has 5 nitrogen and oxygen atoms in total. The van der Waals surface area contributed by atoms with E-state index in [1.54, 1.807) is 29.3 Å². The van der Waals surface area contributed by atoms with E-state index in [0.717, 1.165) is 35.0 Å². The second-order valence-corrected chi connectivity index (χ2v) is 7.66. The second kappa shape index (κ2) is 7.20. The van der Waals surface area contributed by atoms with Crippen molar-refractivity contribution in [3.8, 4) is 6.07 Å². The highest BCUT2D eigenvalue weighted by atomic mass is 32.2. The Balaban J connectivity index is 1.59. The topological polar surface area (TPSA) is 70.7 Å². The molecule has 0 saturated heterocycles. The summed E-state index contributed by atoms with van der Waals surface area (Å²) in [7, 11) is 1.94.